The number of hydrogen-bond donors (Lipinski definition) is 0. The van der Waals surface area contributed by atoms with Gasteiger partial charge in [0.2, 0.25) is 0 Å². The van der Waals surface area contributed by atoms with Crippen LogP contribution in [0.3, 0.4) is 0 Å². The number of benzene rings is 1. The molecule has 0 radical (unpaired) electrons. The van der Waals surface area contributed by atoms with Gasteiger partial charge >= 0.3 is 0 Å². The second-order valence-electron chi connectivity index (χ2n) is 3.55. The molecule has 0 unspecified atom stereocenters. The van der Waals surface area contributed by atoms with E-state index in [-0.39, 0.29) is 5.78 Å². The van der Waals surface area contributed by atoms with E-state index in [9.17, 15) is 4.79 Å². The van der Waals surface area contributed by atoms with Gasteiger partial charge in [-0.15, -0.1) is 0 Å². The summed E-state index contributed by atoms with van der Waals surface area (Å²) in [7, 11) is 0. The van der Waals surface area contributed by atoms with Crippen LogP contribution in [-0.2, 0) is 0 Å². The summed E-state index contributed by atoms with van der Waals surface area (Å²) in [4.78, 5) is 11.8. The number of thioether (sulfide) groups is 1. The number of hydrogen-bond acceptors (Lipinski definition) is 3. The molecule has 0 bridgehead atoms. The molecule has 0 spiro atoms. The number of ether oxygens (including phenoxy) is 1. The molecule has 0 fully saturated rings. The Kier molecular flexibility index (Phi) is 6.45. The van der Waals surface area contributed by atoms with Crippen LogP contribution in [0.25, 0.3) is 0 Å². The summed E-state index contributed by atoms with van der Waals surface area (Å²) >= 11 is 7.67. The van der Waals surface area contributed by atoms with E-state index < -0.39 is 0 Å². The van der Waals surface area contributed by atoms with E-state index in [0.717, 1.165) is 12.2 Å². The lowest BCUT2D eigenvalue weighted by Gasteiger charge is -2.08. The minimum absolute atomic E-state index is 0.112. The predicted octanol–water partition coefficient (Wildman–Crippen LogP) is 4.06. The Morgan fingerprint density at radius 3 is 2.76 bits per heavy atom. The fourth-order valence-corrected chi connectivity index (χ4v) is 2.07. The van der Waals surface area contributed by atoms with Crippen LogP contribution in [0.5, 0.6) is 5.75 Å². The van der Waals surface area contributed by atoms with Gasteiger partial charge in [0.1, 0.15) is 5.75 Å². The first-order chi connectivity index (χ1) is 8.19. The van der Waals surface area contributed by atoms with E-state index in [1.807, 2.05) is 13.8 Å². The number of halogens is 1. The van der Waals surface area contributed by atoms with E-state index in [4.69, 9.17) is 16.3 Å². The first-order valence-corrected chi connectivity index (χ1v) is 7.25. The Balaban J connectivity index is 2.70. The SMILES string of the molecule is CCCOc1ccc(C(=O)CSCC)cc1Cl. The van der Waals surface area contributed by atoms with Crippen LogP contribution in [0.15, 0.2) is 18.2 Å². The Morgan fingerprint density at radius 2 is 2.18 bits per heavy atom. The number of ketones is 1. The summed E-state index contributed by atoms with van der Waals surface area (Å²) in [5.41, 5.74) is 0.653. The lowest BCUT2D eigenvalue weighted by atomic mass is 10.1. The van der Waals surface area contributed by atoms with Gasteiger partial charge in [-0.3, -0.25) is 4.79 Å². The maximum absolute atomic E-state index is 11.8. The van der Waals surface area contributed by atoms with Crippen molar-refractivity contribution in [2.75, 3.05) is 18.1 Å². The topological polar surface area (TPSA) is 26.3 Å². The summed E-state index contributed by atoms with van der Waals surface area (Å²) in [5.74, 6) is 2.20. The van der Waals surface area contributed by atoms with Crippen LogP contribution in [0, 0.1) is 0 Å². The minimum atomic E-state index is 0.112. The van der Waals surface area contributed by atoms with Crippen molar-refractivity contribution in [3.63, 3.8) is 0 Å². The average molecular weight is 273 g/mol. The molecular formula is C13H17ClO2S. The molecule has 2 nitrogen and oxygen atoms in total. The molecule has 0 amide bonds. The largest absolute Gasteiger partial charge is 0.492 e. The fraction of sp³-hybridized carbons (Fsp3) is 0.462. The molecule has 0 aliphatic carbocycles. The highest BCUT2D eigenvalue weighted by Crippen LogP contribution is 2.26. The van der Waals surface area contributed by atoms with E-state index in [1.54, 1.807) is 30.0 Å². The molecule has 0 heterocycles. The lowest BCUT2D eigenvalue weighted by molar-refractivity contribution is 0.102. The van der Waals surface area contributed by atoms with Gasteiger partial charge in [0.05, 0.1) is 17.4 Å². The van der Waals surface area contributed by atoms with Crippen molar-refractivity contribution in [3.8, 4) is 5.75 Å². The van der Waals surface area contributed by atoms with Crippen molar-refractivity contribution in [3.05, 3.63) is 28.8 Å². The summed E-state index contributed by atoms with van der Waals surface area (Å²) in [6.45, 7) is 4.71. The summed E-state index contributed by atoms with van der Waals surface area (Å²) < 4.78 is 5.45. The van der Waals surface area contributed by atoms with Gasteiger partial charge in [0.15, 0.2) is 5.78 Å². The monoisotopic (exact) mass is 272 g/mol. The van der Waals surface area contributed by atoms with Gasteiger partial charge in [0.25, 0.3) is 0 Å². The molecule has 1 aromatic rings. The molecule has 17 heavy (non-hydrogen) atoms. The molecule has 0 saturated heterocycles. The third-order valence-corrected chi connectivity index (χ3v) is 3.32. The van der Waals surface area contributed by atoms with E-state index in [1.165, 1.54) is 0 Å². The molecule has 1 rings (SSSR count). The maximum Gasteiger partial charge on any atom is 0.172 e. The van der Waals surface area contributed by atoms with Crippen LogP contribution >= 0.6 is 23.4 Å². The summed E-state index contributed by atoms with van der Waals surface area (Å²) in [6.07, 6.45) is 0.935. The van der Waals surface area contributed by atoms with Crippen LogP contribution in [0.1, 0.15) is 30.6 Å². The summed E-state index contributed by atoms with van der Waals surface area (Å²) in [5, 5.41) is 0.505. The van der Waals surface area contributed by atoms with Crippen molar-refractivity contribution < 1.29 is 9.53 Å². The zero-order valence-electron chi connectivity index (χ0n) is 10.2. The van der Waals surface area contributed by atoms with Crippen molar-refractivity contribution in [2.45, 2.75) is 20.3 Å². The van der Waals surface area contributed by atoms with Gasteiger partial charge < -0.3 is 4.74 Å². The second-order valence-corrected chi connectivity index (χ2v) is 5.24. The Hall–Kier alpha value is -0.670. The van der Waals surface area contributed by atoms with Crippen LogP contribution < -0.4 is 4.74 Å². The summed E-state index contributed by atoms with van der Waals surface area (Å²) in [6, 6.07) is 5.22. The average Bonchev–Trinajstić information content (AvgIpc) is 2.34. The fourth-order valence-electron chi connectivity index (χ4n) is 1.28. The van der Waals surface area contributed by atoms with E-state index >= 15 is 0 Å². The van der Waals surface area contributed by atoms with Gasteiger partial charge in [-0.25, -0.2) is 0 Å². The predicted molar refractivity (Wildman–Crippen MR) is 74.6 cm³/mol. The van der Waals surface area contributed by atoms with Gasteiger partial charge in [-0.05, 0) is 30.4 Å². The molecule has 4 heteroatoms. The van der Waals surface area contributed by atoms with Crippen molar-refractivity contribution in [1.82, 2.24) is 0 Å². The molecule has 0 atom stereocenters. The quantitative estimate of drug-likeness (QED) is 0.700. The molecule has 0 aliphatic rings. The van der Waals surface area contributed by atoms with E-state index in [0.29, 0.717) is 28.7 Å². The Bertz CT molecular complexity index is 380. The molecular weight excluding hydrogens is 256 g/mol. The number of carbonyl (C=O) groups excluding carboxylic acids is 1. The third kappa shape index (κ3) is 4.60. The highest BCUT2D eigenvalue weighted by Gasteiger charge is 2.09. The zero-order valence-corrected chi connectivity index (χ0v) is 11.7. The van der Waals surface area contributed by atoms with Crippen molar-refractivity contribution in [1.29, 1.82) is 0 Å². The van der Waals surface area contributed by atoms with Crippen LogP contribution in [-0.4, -0.2) is 23.9 Å². The van der Waals surface area contributed by atoms with Crippen molar-refractivity contribution >= 4 is 29.1 Å². The van der Waals surface area contributed by atoms with Crippen LogP contribution in [0.2, 0.25) is 5.02 Å². The first-order valence-electron chi connectivity index (χ1n) is 5.72. The smallest absolute Gasteiger partial charge is 0.172 e. The molecule has 0 N–H and O–H groups in total. The Morgan fingerprint density at radius 1 is 1.41 bits per heavy atom. The lowest BCUT2D eigenvalue weighted by Crippen LogP contribution is -2.03. The first kappa shape index (κ1) is 14.4. The highest BCUT2D eigenvalue weighted by molar-refractivity contribution is 7.99. The minimum Gasteiger partial charge on any atom is -0.492 e. The van der Waals surface area contributed by atoms with Crippen molar-refractivity contribution in [2.24, 2.45) is 0 Å². The van der Waals surface area contributed by atoms with Gasteiger partial charge in [-0.1, -0.05) is 25.4 Å². The number of rotatable bonds is 7. The number of carbonyl (C=O) groups is 1. The highest BCUT2D eigenvalue weighted by atomic mass is 35.5. The second kappa shape index (κ2) is 7.62. The van der Waals surface area contributed by atoms with Gasteiger partial charge in [-0.2, -0.15) is 11.8 Å². The molecule has 0 saturated carbocycles. The normalized spacial score (nSPS) is 10.3. The standard InChI is InChI=1S/C13H17ClO2S/c1-3-7-16-13-6-5-10(8-11(13)14)12(15)9-17-4-2/h5-6,8H,3-4,7,9H2,1-2H3. The van der Waals surface area contributed by atoms with Crippen LogP contribution in [0.4, 0.5) is 0 Å². The molecule has 0 aromatic heterocycles. The Labute approximate surface area is 112 Å². The molecule has 0 aliphatic heterocycles. The van der Waals surface area contributed by atoms with E-state index in [2.05, 4.69) is 0 Å². The molecule has 1 aromatic carbocycles. The number of Topliss-reactive ketones (excluding diaryl/α,β-unsaturated/α-hetero) is 1. The van der Waals surface area contributed by atoms with Gasteiger partial charge in [0, 0.05) is 5.56 Å². The zero-order chi connectivity index (χ0) is 12.7. The maximum atomic E-state index is 11.8. The molecule has 94 valence electrons. The third-order valence-electron chi connectivity index (χ3n) is 2.15.